The van der Waals surface area contributed by atoms with Crippen LogP contribution >= 0.6 is 12.2 Å². The second-order valence-corrected chi connectivity index (χ2v) is 2.47. The number of hydrogen-bond acceptors (Lipinski definition) is 3. The van der Waals surface area contributed by atoms with Crippen LogP contribution in [-0.2, 0) is 0 Å². The molecule has 0 aliphatic carbocycles. The molecule has 1 aromatic rings. The Morgan fingerprint density at radius 3 is 2.62 bits per heavy atom. The molecule has 0 aliphatic heterocycles. The smallest absolute Gasteiger partial charge is 0.184 e. The Labute approximate surface area is 82.7 Å². The largest absolute Gasteiger partial charge is 0.493 e. The summed E-state index contributed by atoms with van der Waals surface area (Å²) in [5.74, 6) is 1.29. The lowest BCUT2D eigenvalue weighted by Gasteiger charge is -2.10. The average Bonchev–Trinajstić information content (AvgIpc) is 2.18. The third-order valence-electron chi connectivity index (χ3n) is 1.59. The number of rotatable bonds is 4. The molecule has 4 heteroatoms. The molecule has 13 heavy (non-hydrogen) atoms. The van der Waals surface area contributed by atoms with Crippen LogP contribution in [0.15, 0.2) is 18.2 Å². The molecule has 0 aromatic heterocycles. The van der Waals surface area contributed by atoms with Gasteiger partial charge in [0, 0.05) is 0 Å². The molecule has 1 N–H and O–H groups in total. The first-order chi connectivity index (χ1) is 6.33. The van der Waals surface area contributed by atoms with Gasteiger partial charge in [0.05, 0.1) is 19.9 Å². The highest BCUT2D eigenvalue weighted by Crippen LogP contribution is 2.34. The van der Waals surface area contributed by atoms with Crippen molar-refractivity contribution in [1.82, 2.24) is 0 Å². The third-order valence-corrected chi connectivity index (χ3v) is 1.69. The van der Waals surface area contributed by atoms with Crippen LogP contribution in [-0.4, -0.2) is 19.7 Å². The number of para-hydroxylation sites is 1. The van der Waals surface area contributed by atoms with Gasteiger partial charge in [-0.15, -0.1) is 0 Å². The van der Waals surface area contributed by atoms with E-state index in [1.807, 2.05) is 18.2 Å². The van der Waals surface area contributed by atoms with Crippen LogP contribution in [0.4, 0.5) is 5.69 Å². The van der Waals surface area contributed by atoms with E-state index in [0.29, 0.717) is 11.5 Å². The van der Waals surface area contributed by atoms with E-state index in [4.69, 9.17) is 9.47 Å². The SMILES string of the molecule is COc1cccc(N[C]=S)c1OC. The third kappa shape index (κ3) is 2.09. The predicted octanol–water partition coefficient (Wildman–Crippen LogP) is 1.95. The maximum Gasteiger partial charge on any atom is 0.184 e. The number of methoxy groups -OCH3 is 2. The summed E-state index contributed by atoms with van der Waals surface area (Å²) in [6, 6.07) is 5.49. The van der Waals surface area contributed by atoms with Crippen LogP contribution in [0, 0.1) is 0 Å². The van der Waals surface area contributed by atoms with Gasteiger partial charge >= 0.3 is 0 Å². The zero-order chi connectivity index (χ0) is 9.68. The van der Waals surface area contributed by atoms with E-state index < -0.39 is 0 Å². The summed E-state index contributed by atoms with van der Waals surface area (Å²) in [6.07, 6.45) is 0. The molecule has 0 unspecified atom stereocenters. The van der Waals surface area contributed by atoms with Gasteiger partial charge < -0.3 is 14.8 Å². The molecule has 0 atom stereocenters. The molecule has 0 saturated heterocycles. The maximum atomic E-state index is 5.15. The van der Waals surface area contributed by atoms with Gasteiger partial charge in [-0.25, -0.2) is 0 Å². The van der Waals surface area contributed by atoms with E-state index in [-0.39, 0.29) is 0 Å². The average molecular weight is 196 g/mol. The molecule has 0 heterocycles. The Hall–Kier alpha value is -1.29. The van der Waals surface area contributed by atoms with Crippen molar-refractivity contribution in [2.45, 2.75) is 0 Å². The van der Waals surface area contributed by atoms with Gasteiger partial charge in [-0.3, -0.25) is 0 Å². The lowest BCUT2D eigenvalue weighted by molar-refractivity contribution is 0.356. The Morgan fingerprint density at radius 1 is 1.31 bits per heavy atom. The van der Waals surface area contributed by atoms with E-state index in [9.17, 15) is 0 Å². The van der Waals surface area contributed by atoms with Crippen molar-refractivity contribution in [2.24, 2.45) is 0 Å². The number of ether oxygens (including phenoxy) is 2. The van der Waals surface area contributed by atoms with Gasteiger partial charge in [-0.1, -0.05) is 18.3 Å². The molecule has 0 amide bonds. The van der Waals surface area contributed by atoms with Crippen molar-refractivity contribution in [3.63, 3.8) is 0 Å². The molecule has 1 rings (SSSR count). The molecular weight excluding hydrogens is 186 g/mol. The van der Waals surface area contributed by atoms with E-state index in [1.165, 1.54) is 0 Å². The summed E-state index contributed by atoms with van der Waals surface area (Å²) in [7, 11) is 3.16. The van der Waals surface area contributed by atoms with Crippen LogP contribution in [0.1, 0.15) is 0 Å². The molecule has 3 nitrogen and oxygen atoms in total. The maximum absolute atomic E-state index is 5.15. The number of thiocarbonyl (C=S) groups is 1. The number of hydrogen-bond donors (Lipinski definition) is 1. The molecular formula is C9H10NO2S. The number of anilines is 1. The van der Waals surface area contributed by atoms with E-state index >= 15 is 0 Å². The lowest BCUT2D eigenvalue weighted by atomic mass is 10.2. The van der Waals surface area contributed by atoms with Crippen LogP contribution in [0.5, 0.6) is 11.5 Å². The highest BCUT2D eigenvalue weighted by Gasteiger charge is 2.07. The van der Waals surface area contributed by atoms with Crippen molar-refractivity contribution < 1.29 is 9.47 Å². The Bertz CT molecular complexity index is 302. The van der Waals surface area contributed by atoms with Crippen molar-refractivity contribution >= 4 is 23.4 Å². The summed E-state index contributed by atoms with van der Waals surface area (Å²) >= 11 is 4.56. The molecule has 69 valence electrons. The quantitative estimate of drug-likeness (QED) is 0.589. The molecule has 1 radical (unpaired) electrons. The zero-order valence-electron chi connectivity index (χ0n) is 7.46. The molecule has 0 saturated carbocycles. The molecule has 0 bridgehead atoms. The highest BCUT2D eigenvalue weighted by atomic mass is 32.1. The van der Waals surface area contributed by atoms with Crippen molar-refractivity contribution in [3.8, 4) is 11.5 Å². The number of nitrogens with one attached hydrogen (secondary N) is 1. The van der Waals surface area contributed by atoms with Crippen molar-refractivity contribution in [3.05, 3.63) is 18.2 Å². The van der Waals surface area contributed by atoms with Crippen LogP contribution in [0.2, 0.25) is 0 Å². The number of benzene rings is 1. The summed E-state index contributed by atoms with van der Waals surface area (Å²) in [6.45, 7) is 0. The first kappa shape index (κ1) is 9.80. The Balaban J connectivity index is 3.10. The van der Waals surface area contributed by atoms with Gasteiger partial charge in [0.1, 0.15) is 5.49 Å². The van der Waals surface area contributed by atoms with Gasteiger partial charge in [0.15, 0.2) is 11.5 Å². The second kappa shape index (κ2) is 4.67. The van der Waals surface area contributed by atoms with Gasteiger partial charge in [-0.05, 0) is 12.1 Å². The van der Waals surface area contributed by atoms with Crippen molar-refractivity contribution in [1.29, 1.82) is 0 Å². The molecule has 0 spiro atoms. The zero-order valence-corrected chi connectivity index (χ0v) is 8.27. The first-order valence-electron chi connectivity index (χ1n) is 3.67. The standard InChI is InChI=1S/C9H10NO2S/c1-11-8-5-3-4-7(10-6-13)9(8)12-2/h3-5H,1-2H3,(H,10,13). The highest BCUT2D eigenvalue weighted by molar-refractivity contribution is 7.79. The second-order valence-electron chi connectivity index (χ2n) is 2.27. The fraction of sp³-hybridized carbons (Fsp3) is 0.222. The minimum Gasteiger partial charge on any atom is -0.493 e. The topological polar surface area (TPSA) is 30.5 Å². The van der Waals surface area contributed by atoms with Gasteiger partial charge in [0.25, 0.3) is 0 Å². The van der Waals surface area contributed by atoms with Gasteiger partial charge in [-0.2, -0.15) is 0 Å². The molecule has 0 aliphatic rings. The van der Waals surface area contributed by atoms with Crippen LogP contribution < -0.4 is 14.8 Å². The summed E-state index contributed by atoms with van der Waals surface area (Å²) in [5, 5.41) is 2.76. The summed E-state index contributed by atoms with van der Waals surface area (Å²) in [5.41, 5.74) is 3.15. The van der Waals surface area contributed by atoms with E-state index in [1.54, 1.807) is 14.2 Å². The fourth-order valence-corrected chi connectivity index (χ4v) is 1.15. The minimum absolute atomic E-state index is 0.627. The molecule has 1 aromatic carbocycles. The first-order valence-corrected chi connectivity index (χ1v) is 4.08. The van der Waals surface area contributed by atoms with Gasteiger partial charge in [0.2, 0.25) is 0 Å². The monoisotopic (exact) mass is 196 g/mol. The Morgan fingerprint density at radius 2 is 2.08 bits per heavy atom. The normalized spacial score (nSPS) is 9.08. The van der Waals surface area contributed by atoms with Crippen LogP contribution in [0.25, 0.3) is 0 Å². The van der Waals surface area contributed by atoms with Crippen LogP contribution in [0.3, 0.4) is 0 Å². The molecule has 0 fully saturated rings. The van der Waals surface area contributed by atoms with E-state index in [2.05, 4.69) is 23.0 Å². The predicted molar refractivity (Wildman–Crippen MR) is 55.8 cm³/mol. The minimum atomic E-state index is 0.627. The van der Waals surface area contributed by atoms with E-state index in [0.717, 1.165) is 5.69 Å². The lowest BCUT2D eigenvalue weighted by Crippen LogP contribution is -1.98. The Kier molecular flexibility index (Phi) is 3.52. The summed E-state index contributed by atoms with van der Waals surface area (Å²) in [4.78, 5) is 0. The van der Waals surface area contributed by atoms with Crippen molar-refractivity contribution in [2.75, 3.05) is 19.5 Å². The summed E-state index contributed by atoms with van der Waals surface area (Å²) < 4.78 is 10.2. The fourth-order valence-electron chi connectivity index (χ4n) is 1.04.